The summed E-state index contributed by atoms with van der Waals surface area (Å²) < 4.78 is 0. The van der Waals surface area contributed by atoms with Crippen molar-refractivity contribution in [2.24, 2.45) is 5.92 Å². The third-order valence-electron chi connectivity index (χ3n) is 3.57. The zero-order valence-corrected chi connectivity index (χ0v) is 10.1. The van der Waals surface area contributed by atoms with E-state index in [2.05, 4.69) is 24.2 Å². The van der Waals surface area contributed by atoms with E-state index in [1.165, 1.54) is 38.6 Å². The molecule has 0 amide bonds. The molecule has 1 rings (SSSR count). The van der Waals surface area contributed by atoms with Crippen LogP contribution in [-0.4, -0.2) is 38.1 Å². The van der Waals surface area contributed by atoms with Gasteiger partial charge in [-0.15, -0.1) is 0 Å². The number of rotatable bonds is 7. The Kier molecular flexibility index (Phi) is 5.49. The van der Waals surface area contributed by atoms with Crippen molar-refractivity contribution < 1.29 is 0 Å². The molecule has 14 heavy (non-hydrogen) atoms. The van der Waals surface area contributed by atoms with Gasteiger partial charge in [-0.05, 0) is 59.2 Å². The molecule has 1 fully saturated rings. The van der Waals surface area contributed by atoms with E-state index in [1.54, 1.807) is 0 Å². The third kappa shape index (κ3) is 3.97. The monoisotopic (exact) mass is 198 g/mol. The number of nitrogens with zero attached hydrogens (tertiary/aromatic N) is 1. The van der Waals surface area contributed by atoms with E-state index >= 15 is 0 Å². The zero-order valence-electron chi connectivity index (χ0n) is 10.1. The van der Waals surface area contributed by atoms with E-state index in [-0.39, 0.29) is 0 Å². The van der Waals surface area contributed by atoms with Crippen LogP contribution in [0.5, 0.6) is 0 Å². The lowest BCUT2D eigenvalue weighted by molar-refractivity contribution is 0.163. The van der Waals surface area contributed by atoms with Gasteiger partial charge in [0.25, 0.3) is 0 Å². The molecule has 1 N–H and O–H groups in total. The van der Waals surface area contributed by atoms with E-state index < -0.39 is 0 Å². The normalized spacial score (nSPS) is 19.7. The second-order valence-electron chi connectivity index (χ2n) is 4.83. The molecule has 0 spiro atoms. The first-order chi connectivity index (χ1) is 6.74. The van der Waals surface area contributed by atoms with Gasteiger partial charge in [0.1, 0.15) is 0 Å². The largest absolute Gasteiger partial charge is 0.320 e. The van der Waals surface area contributed by atoms with Crippen molar-refractivity contribution in [3.8, 4) is 0 Å². The minimum absolute atomic E-state index is 0.754. The van der Waals surface area contributed by atoms with E-state index in [0.717, 1.165) is 18.5 Å². The molecular weight excluding hydrogens is 172 g/mol. The van der Waals surface area contributed by atoms with Crippen LogP contribution in [0.2, 0.25) is 0 Å². The van der Waals surface area contributed by atoms with Gasteiger partial charge in [-0.25, -0.2) is 0 Å². The number of nitrogens with one attached hydrogen (secondary N) is 1. The summed E-state index contributed by atoms with van der Waals surface area (Å²) in [4.78, 5) is 2.54. The second kappa shape index (κ2) is 6.41. The molecule has 0 heterocycles. The minimum atomic E-state index is 0.754. The highest BCUT2D eigenvalue weighted by molar-refractivity contribution is 4.75. The molecule has 84 valence electrons. The predicted molar refractivity (Wildman–Crippen MR) is 62.6 cm³/mol. The van der Waals surface area contributed by atoms with Gasteiger partial charge in [0, 0.05) is 12.6 Å². The van der Waals surface area contributed by atoms with Crippen molar-refractivity contribution in [1.82, 2.24) is 10.2 Å². The standard InChI is InChI=1S/C12H26N2/c1-11(6-5-9-13-2)14(3)10-12-7-4-8-12/h11-13H,4-10H2,1-3H3. The first-order valence-electron chi connectivity index (χ1n) is 6.09. The maximum Gasteiger partial charge on any atom is 0.00644 e. The van der Waals surface area contributed by atoms with Crippen molar-refractivity contribution in [2.45, 2.75) is 45.1 Å². The number of hydrogen-bond acceptors (Lipinski definition) is 2. The van der Waals surface area contributed by atoms with E-state index in [1.807, 2.05) is 7.05 Å². The van der Waals surface area contributed by atoms with Gasteiger partial charge in [-0.1, -0.05) is 6.42 Å². The van der Waals surface area contributed by atoms with Crippen LogP contribution in [0.15, 0.2) is 0 Å². The Labute approximate surface area is 89.1 Å². The van der Waals surface area contributed by atoms with Crippen LogP contribution in [0, 0.1) is 5.92 Å². The number of hydrogen-bond donors (Lipinski definition) is 1. The van der Waals surface area contributed by atoms with E-state index in [0.29, 0.717) is 0 Å². The molecule has 2 heteroatoms. The van der Waals surface area contributed by atoms with Gasteiger partial charge in [0.15, 0.2) is 0 Å². The molecule has 1 aliphatic rings. The molecule has 1 atom stereocenters. The highest BCUT2D eigenvalue weighted by Crippen LogP contribution is 2.27. The second-order valence-corrected chi connectivity index (χ2v) is 4.83. The van der Waals surface area contributed by atoms with Crippen molar-refractivity contribution in [3.63, 3.8) is 0 Å². The minimum Gasteiger partial charge on any atom is -0.320 e. The van der Waals surface area contributed by atoms with Gasteiger partial charge >= 0.3 is 0 Å². The average Bonchev–Trinajstić information content (AvgIpc) is 2.11. The summed E-state index contributed by atoms with van der Waals surface area (Å²) in [5.74, 6) is 1.01. The van der Waals surface area contributed by atoms with Gasteiger partial charge < -0.3 is 10.2 Å². The van der Waals surface area contributed by atoms with Crippen LogP contribution in [0.1, 0.15) is 39.0 Å². The topological polar surface area (TPSA) is 15.3 Å². The molecule has 2 nitrogen and oxygen atoms in total. The Balaban J connectivity index is 2.05. The molecule has 0 aliphatic heterocycles. The molecule has 0 radical (unpaired) electrons. The molecule has 0 saturated heterocycles. The summed E-state index contributed by atoms with van der Waals surface area (Å²) in [5.41, 5.74) is 0. The molecule has 0 aromatic carbocycles. The zero-order chi connectivity index (χ0) is 10.4. The van der Waals surface area contributed by atoms with Gasteiger partial charge in [-0.3, -0.25) is 0 Å². The summed E-state index contributed by atoms with van der Waals surface area (Å²) in [6.45, 7) is 4.83. The first-order valence-corrected chi connectivity index (χ1v) is 6.09. The summed E-state index contributed by atoms with van der Waals surface area (Å²) in [7, 11) is 4.31. The SMILES string of the molecule is CNCCCC(C)N(C)CC1CCC1. The summed E-state index contributed by atoms with van der Waals surface area (Å²) in [5, 5.41) is 3.21. The Morgan fingerprint density at radius 3 is 2.64 bits per heavy atom. The van der Waals surface area contributed by atoms with Crippen LogP contribution in [0.3, 0.4) is 0 Å². The average molecular weight is 198 g/mol. The predicted octanol–water partition coefficient (Wildman–Crippen LogP) is 2.11. The molecule has 0 aromatic rings. The lowest BCUT2D eigenvalue weighted by Gasteiger charge is -2.33. The maximum atomic E-state index is 3.21. The molecule has 1 unspecified atom stereocenters. The van der Waals surface area contributed by atoms with Crippen LogP contribution < -0.4 is 5.32 Å². The van der Waals surface area contributed by atoms with Gasteiger partial charge in [0.05, 0.1) is 0 Å². The van der Waals surface area contributed by atoms with E-state index in [9.17, 15) is 0 Å². The van der Waals surface area contributed by atoms with Crippen LogP contribution >= 0.6 is 0 Å². The third-order valence-corrected chi connectivity index (χ3v) is 3.57. The highest BCUT2D eigenvalue weighted by Gasteiger charge is 2.20. The molecular formula is C12H26N2. The molecule has 0 bridgehead atoms. The fraction of sp³-hybridized carbons (Fsp3) is 1.00. The Bertz CT molecular complexity index is 143. The van der Waals surface area contributed by atoms with Crippen LogP contribution in [-0.2, 0) is 0 Å². The van der Waals surface area contributed by atoms with Crippen molar-refractivity contribution >= 4 is 0 Å². The smallest absolute Gasteiger partial charge is 0.00644 e. The molecule has 0 aromatic heterocycles. The fourth-order valence-electron chi connectivity index (χ4n) is 2.06. The van der Waals surface area contributed by atoms with Gasteiger partial charge in [-0.2, -0.15) is 0 Å². The van der Waals surface area contributed by atoms with E-state index in [4.69, 9.17) is 0 Å². The quantitative estimate of drug-likeness (QED) is 0.630. The maximum absolute atomic E-state index is 3.21. The first kappa shape index (κ1) is 12.0. The Morgan fingerprint density at radius 2 is 2.14 bits per heavy atom. The lowest BCUT2D eigenvalue weighted by Crippen LogP contribution is -2.36. The summed E-state index contributed by atoms with van der Waals surface area (Å²) in [6, 6.07) is 0.754. The highest BCUT2D eigenvalue weighted by atomic mass is 15.1. The van der Waals surface area contributed by atoms with Crippen molar-refractivity contribution in [3.05, 3.63) is 0 Å². The lowest BCUT2D eigenvalue weighted by atomic mass is 9.85. The van der Waals surface area contributed by atoms with Crippen LogP contribution in [0.4, 0.5) is 0 Å². The Hall–Kier alpha value is -0.0800. The summed E-state index contributed by atoms with van der Waals surface area (Å²) in [6.07, 6.45) is 7.02. The van der Waals surface area contributed by atoms with Gasteiger partial charge in [0.2, 0.25) is 0 Å². The molecule has 1 aliphatic carbocycles. The molecule has 1 saturated carbocycles. The fourth-order valence-corrected chi connectivity index (χ4v) is 2.06. The van der Waals surface area contributed by atoms with Crippen molar-refractivity contribution in [2.75, 3.05) is 27.2 Å². The van der Waals surface area contributed by atoms with Crippen LogP contribution in [0.25, 0.3) is 0 Å². The summed E-state index contributed by atoms with van der Waals surface area (Å²) >= 11 is 0. The van der Waals surface area contributed by atoms with Crippen molar-refractivity contribution in [1.29, 1.82) is 0 Å². The Morgan fingerprint density at radius 1 is 1.43 bits per heavy atom.